The second kappa shape index (κ2) is 6.22. The maximum absolute atomic E-state index is 5.80. The Morgan fingerprint density at radius 3 is 2.60 bits per heavy atom. The fraction of sp³-hybridized carbons (Fsp3) is 0.600. The number of nitrogens with one attached hydrogen (secondary N) is 1. The molecule has 3 N–H and O–H groups in total. The summed E-state index contributed by atoms with van der Waals surface area (Å²) in [5.74, 6) is 1.05. The molecular weight excluding hydrogens is 250 g/mol. The first-order valence-corrected chi connectivity index (χ1v) is 7.30. The first kappa shape index (κ1) is 14.8. The minimum atomic E-state index is 0.321. The molecule has 0 aromatic carbocycles. The smallest absolute Gasteiger partial charge is 0.158 e. The minimum absolute atomic E-state index is 0.321. The zero-order chi connectivity index (χ0) is 14.7. The van der Waals surface area contributed by atoms with Crippen LogP contribution in [0.15, 0.2) is 18.5 Å². The van der Waals surface area contributed by atoms with Gasteiger partial charge >= 0.3 is 0 Å². The highest BCUT2D eigenvalue weighted by atomic mass is 15.3. The Bertz CT molecular complexity index is 558. The average molecular weight is 275 g/mol. The molecule has 2 aromatic rings. The molecule has 0 fully saturated rings. The van der Waals surface area contributed by atoms with Crippen LogP contribution in [0.3, 0.4) is 0 Å². The van der Waals surface area contributed by atoms with Gasteiger partial charge < -0.3 is 11.1 Å². The Morgan fingerprint density at radius 2 is 2.00 bits per heavy atom. The number of rotatable bonds is 6. The molecule has 0 spiro atoms. The lowest BCUT2D eigenvalue weighted by Gasteiger charge is -2.19. The van der Waals surface area contributed by atoms with Gasteiger partial charge in [0.25, 0.3) is 0 Å². The van der Waals surface area contributed by atoms with Crippen molar-refractivity contribution in [2.45, 2.75) is 33.7 Å². The second-order valence-electron chi connectivity index (χ2n) is 5.94. The monoisotopic (exact) mass is 275 g/mol. The van der Waals surface area contributed by atoms with Crippen molar-refractivity contribution in [3.05, 3.63) is 18.5 Å². The van der Waals surface area contributed by atoms with E-state index in [9.17, 15) is 0 Å². The van der Waals surface area contributed by atoms with Crippen molar-refractivity contribution in [3.63, 3.8) is 0 Å². The van der Waals surface area contributed by atoms with Crippen molar-refractivity contribution in [3.8, 4) is 0 Å². The molecule has 1 unspecified atom stereocenters. The van der Waals surface area contributed by atoms with E-state index in [1.807, 2.05) is 17.1 Å². The topological polar surface area (TPSA) is 68.8 Å². The fourth-order valence-corrected chi connectivity index (χ4v) is 2.25. The van der Waals surface area contributed by atoms with Gasteiger partial charge in [-0.3, -0.25) is 0 Å². The van der Waals surface area contributed by atoms with E-state index in [-0.39, 0.29) is 0 Å². The SMILES string of the molecule is CC(C)C(CN)CNc1cnc2c(cnn2C(C)C)c1. The summed E-state index contributed by atoms with van der Waals surface area (Å²) in [5.41, 5.74) is 7.76. The number of nitrogens with two attached hydrogens (primary N) is 1. The summed E-state index contributed by atoms with van der Waals surface area (Å²) in [6, 6.07) is 2.42. The summed E-state index contributed by atoms with van der Waals surface area (Å²) in [6.45, 7) is 10.2. The number of hydrogen-bond acceptors (Lipinski definition) is 4. The largest absolute Gasteiger partial charge is 0.383 e. The summed E-state index contributed by atoms with van der Waals surface area (Å²) in [5, 5.41) is 8.88. The van der Waals surface area contributed by atoms with Gasteiger partial charge in [-0.2, -0.15) is 5.10 Å². The van der Waals surface area contributed by atoms with Crippen LogP contribution in [0.25, 0.3) is 11.0 Å². The molecule has 0 saturated heterocycles. The van der Waals surface area contributed by atoms with Gasteiger partial charge in [-0.1, -0.05) is 13.8 Å². The highest BCUT2D eigenvalue weighted by molar-refractivity contribution is 5.78. The van der Waals surface area contributed by atoms with E-state index >= 15 is 0 Å². The molecule has 0 radical (unpaired) electrons. The third-order valence-corrected chi connectivity index (χ3v) is 3.74. The summed E-state index contributed by atoms with van der Waals surface area (Å²) < 4.78 is 1.94. The molecule has 0 aliphatic heterocycles. The van der Waals surface area contributed by atoms with Gasteiger partial charge in [0.1, 0.15) is 0 Å². The summed E-state index contributed by atoms with van der Waals surface area (Å²) in [6.07, 6.45) is 3.74. The molecule has 0 bridgehead atoms. The number of hydrogen-bond donors (Lipinski definition) is 2. The third-order valence-electron chi connectivity index (χ3n) is 3.74. The molecule has 0 saturated carbocycles. The van der Waals surface area contributed by atoms with E-state index in [4.69, 9.17) is 5.73 Å². The standard InChI is InChI=1S/C15H25N5/c1-10(2)13(6-16)7-17-14-5-12-8-19-20(11(3)4)15(12)18-9-14/h5,8-11,13,17H,6-7,16H2,1-4H3. The predicted octanol–water partition coefficient (Wildman–Crippen LogP) is 2.66. The van der Waals surface area contributed by atoms with Crippen LogP contribution >= 0.6 is 0 Å². The van der Waals surface area contributed by atoms with Gasteiger partial charge in [-0.15, -0.1) is 0 Å². The molecule has 2 rings (SSSR count). The molecule has 0 aliphatic carbocycles. The van der Waals surface area contributed by atoms with Crippen molar-refractivity contribution in [1.29, 1.82) is 0 Å². The van der Waals surface area contributed by atoms with Crippen molar-refractivity contribution >= 4 is 16.7 Å². The molecule has 0 amide bonds. The van der Waals surface area contributed by atoms with Crippen LogP contribution in [0, 0.1) is 11.8 Å². The lowest BCUT2D eigenvalue weighted by Crippen LogP contribution is -2.27. The Hall–Kier alpha value is -1.62. The molecule has 5 nitrogen and oxygen atoms in total. The molecule has 1 atom stereocenters. The second-order valence-corrected chi connectivity index (χ2v) is 5.94. The van der Waals surface area contributed by atoms with Crippen molar-refractivity contribution < 1.29 is 0 Å². The van der Waals surface area contributed by atoms with Crippen molar-refractivity contribution in [1.82, 2.24) is 14.8 Å². The first-order valence-electron chi connectivity index (χ1n) is 7.30. The van der Waals surface area contributed by atoms with Crippen LogP contribution in [0.2, 0.25) is 0 Å². The number of anilines is 1. The predicted molar refractivity (Wildman–Crippen MR) is 83.8 cm³/mol. The van der Waals surface area contributed by atoms with E-state index in [2.05, 4.69) is 49.2 Å². The van der Waals surface area contributed by atoms with Gasteiger partial charge in [0, 0.05) is 18.0 Å². The van der Waals surface area contributed by atoms with E-state index in [1.165, 1.54) is 0 Å². The molecule has 2 heterocycles. The molecule has 110 valence electrons. The summed E-state index contributed by atoms with van der Waals surface area (Å²) in [4.78, 5) is 4.52. The lowest BCUT2D eigenvalue weighted by molar-refractivity contribution is 0.413. The molecule has 5 heteroatoms. The van der Waals surface area contributed by atoms with Crippen molar-refractivity contribution in [2.24, 2.45) is 17.6 Å². The van der Waals surface area contributed by atoms with Crippen LogP contribution in [0.4, 0.5) is 5.69 Å². The highest BCUT2D eigenvalue weighted by Gasteiger charge is 2.12. The number of nitrogens with zero attached hydrogens (tertiary/aromatic N) is 3. The van der Waals surface area contributed by atoms with Crippen LogP contribution in [0.1, 0.15) is 33.7 Å². The summed E-state index contributed by atoms with van der Waals surface area (Å²) >= 11 is 0. The minimum Gasteiger partial charge on any atom is -0.383 e. The Kier molecular flexibility index (Phi) is 4.60. The maximum atomic E-state index is 5.80. The fourth-order valence-electron chi connectivity index (χ4n) is 2.25. The van der Waals surface area contributed by atoms with Crippen molar-refractivity contribution in [2.75, 3.05) is 18.4 Å². The molecule has 2 aromatic heterocycles. The maximum Gasteiger partial charge on any atom is 0.158 e. The average Bonchev–Trinajstić information content (AvgIpc) is 2.82. The van der Waals surface area contributed by atoms with Crippen LogP contribution in [-0.4, -0.2) is 27.9 Å². The Labute approximate surface area is 120 Å². The molecule has 0 aliphatic rings. The zero-order valence-electron chi connectivity index (χ0n) is 12.8. The lowest BCUT2D eigenvalue weighted by atomic mass is 9.96. The number of fused-ring (bicyclic) bond motifs is 1. The van der Waals surface area contributed by atoms with Gasteiger partial charge in [0.05, 0.1) is 18.1 Å². The number of aromatic nitrogens is 3. The normalized spacial score (nSPS) is 13.3. The van der Waals surface area contributed by atoms with E-state index < -0.39 is 0 Å². The quantitative estimate of drug-likeness (QED) is 0.850. The van der Waals surface area contributed by atoms with Crippen LogP contribution in [0.5, 0.6) is 0 Å². The van der Waals surface area contributed by atoms with E-state index in [0.29, 0.717) is 24.4 Å². The van der Waals surface area contributed by atoms with Crippen LogP contribution < -0.4 is 11.1 Å². The summed E-state index contributed by atoms with van der Waals surface area (Å²) in [7, 11) is 0. The Balaban J connectivity index is 2.12. The van der Waals surface area contributed by atoms with E-state index in [0.717, 1.165) is 23.3 Å². The van der Waals surface area contributed by atoms with Gasteiger partial charge in [0.2, 0.25) is 0 Å². The van der Waals surface area contributed by atoms with E-state index in [1.54, 1.807) is 0 Å². The molecule has 20 heavy (non-hydrogen) atoms. The molecular formula is C15H25N5. The van der Waals surface area contributed by atoms with Crippen LogP contribution in [-0.2, 0) is 0 Å². The van der Waals surface area contributed by atoms with Gasteiger partial charge in [-0.25, -0.2) is 9.67 Å². The first-order chi connectivity index (χ1) is 9.52. The van der Waals surface area contributed by atoms with Gasteiger partial charge in [0.15, 0.2) is 5.65 Å². The number of pyridine rings is 1. The Morgan fingerprint density at radius 1 is 1.25 bits per heavy atom. The van der Waals surface area contributed by atoms with Gasteiger partial charge in [-0.05, 0) is 38.3 Å². The zero-order valence-corrected chi connectivity index (χ0v) is 12.8. The third kappa shape index (κ3) is 3.10. The highest BCUT2D eigenvalue weighted by Crippen LogP contribution is 2.19.